The van der Waals surface area contributed by atoms with Gasteiger partial charge in [0, 0.05) is 23.4 Å². The summed E-state index contributed by atoms with van der Waals surface area (Å²) >= 11 is 1.73. The van der Waals surface area contributed by atoms with Crippen molar-refractivity contribution in [3.8, 4) is 0 Å². The molecule has 1 aromatic heterocycles. The monoisotopic (exact) mass is 281 g/mol. The van der Waals surface area contributed by atoms with Gasteiger partial charge in [0.25, 0.3) is 5.91 Å². The summed E-state index contributed by atoms with van der Waals surface area (Å²) in [4.78, 5) is 13.5. The van der Waals surface area contributed by atoms with Crippen LogP contribution >= 0.6 is 11.3 Å². The van der Waals surface area contributed by atoms with E-state index in [2.05, 4.69) is 5.32 Å². The number of aliphatic hydroxyl groups is 1. The molecule has 0 spiro atoms. The molecule has 1 aromatic rings. The van der Waals surface area contributed by atoms with E-state index < -0.39 is 0 Å². The highest BCUT2D eigenvalue weighted by Crippen LogP contribution is 2.30. The number of aryl methyl sites for hydroxylation is 1. The fraction of sp³-hybridized carbons (Fsp3) is 0.667. The minimum atomic E-state index is 0.0797. The van der Waals surface area contributed by atoms with E-state index >= 15 is 0 Å². The zero-order chi connectivity index (χ0) is 13.7. The second-order valence-electron chi connectivity index (χ2n) is 5.44. The topological polar surface area (TPSA) is 49.3 Å². The van der Waals surface area contributed by atoms with Crippen molar-refractivity contribution >= 4 is 17.2 Å². The lowest BCUT2D eigenvalue weighted by molar-refractivity contribution is 0.0951. The zero-order valence-corrected chi connectivity index (χ0v) is 12.4. The summed E-state index contributed by atoms with van der Waals surface area (Å²) in [5.41, 5.74) is 2.19. The number of carbonyl (C=O) groups excluding carboxylic acids is 1. The Labute approximate surface area is 119 Å². The lowest BCUT2D eigenvalue weighted by Crippen LogP contribution is -2.25. The molecular weight excluding hydrogens is 258 g/mol. The molecule has 19 heavy (non-hydrogen) atoms. The summed E-state index contributed by atoms with van der Waals surface area (Å²) in [5, 5.41) is 14.0. The fourth-order valence-electron chi connectivity index (χ4n) is 2.52. The molecule has 2 N–H and O–H groups in total. The third-order valence-corrected chi connectivity index (χ3v) is 4.87. The van der Waals surface area contributed by atoms with E-state index in [4.69, 9.17) is 5.11 Å². The van der Waals surface area contributed by atoms with Gasteiger partial charge in [-0.05, 0) is 50.0 Å². The molecule has 1 unspecified atom stereocenters. The molecule has 0 aliphatic heterocycles. The molecule has 1 heterocycles. The highest BCUT2D eigenvalue weighted by Gasteiger charge is 2.19. The van der Waals surface area contributed by atoms with E-state index in [9.17, 15) is 4.79 Å². The Kier molecular flexibility index (Phi) is 5.40. The third-order valence-electron chi connectivity index (χ3n) is 3.78. The molecule has 1 aliphatic carbocycles. The summed E-state index contributed by atoms with van der Waals surface area (Å²) in [6, 6.07) is 0. The minimum absolute atomic E-state index is 0.0797. The van der Waals surface area contributed by atoms with Crippen molar-refractivity contribution in [2.45, 2.75) is 45.4 Å². The van der Waals surface area contributed by atoms with Crippen LogP contribution in [-0.4, -0.2) is 24.2 Å². The Bertz CT molecular complexity index is 428. The van der Waals surface area contributed by atoms with Crippen molar-refractivity contribution in [3.05, 3.63) is 21.4 Å². The SMILES string of the molecule is CC(CO)CCCNC(=O)c1csc2c1CCCC2. The molecule has 4 heteroatoms. The molecule has 0 radical (unpaired) electrons. The highest BCUT2D eigenvalue weighted by atomic mass is 32.1. The number of hydrogen-bond acceptors (Lipinski definition) is 3. The predicted octanol–water partition coefficient (Wildman–Crippen LogP) is 2.77. The van der Waals surface area contributed by atoms with Gasteiger partial charge in [0.2, 0.25) is 0 Å². The van der Waals surface area contributed by atoms with Gasteiger partial charge in [-0.1, -0.05) is 6.92 Å². The van der Waals surface area contributed by atoms with Crippen LogP contribution in [0.1, 0.15) is 53.4 Å². The molecule has 0 aromatic carbocycles. The summed E-state index contributed by atoms with van der Waals surface area (Å²) in [5.74, 6) is 0.405. The standard InChI is InChI=1S/C15H23NO2S/c1-11(9-17)5-4-8-16-15(18)13-10-19-14-7-3-2-6-12(13)14/h10-11,17H,2-9H2,1H3,(H,16,18). The number of thiophene rings is 1. The highest BCUT2D eigenvalue weighted by molar-refractivity contribution is 7.10. The summed E-state index contributed by atoms with van der Waals surface area (Å²) in [7, 11) is 0. The Hall–Kier alpha value is -0.870. The molecule has 0 saturated carbocycles. The Balaban J connectivity index is 1.82. The summed E-state index contributed by atoms with van der Waals surface area (Å²) in [6.07, 6.45) is 6.55. The van der Waals surface area contributed by atoms with Gasteiger partial charge in [-0.25, -0.2) is 0 Å². The number of fused-ring (bicyclic) bond motifs is 1. The largest absolute Gasteiger partial charge is 0.396 e. The van der Waals surface area contributed by atoms with Crippen LogP contribution in [0, 0.1) is 5.92 Å². The van der Waals surface area contributed by atoms with Gasteiger partial charge in [0.1, 0.15) is 0 Å². The quantitative estimate of drug-likeness (QED) is 0.788. The molecule has 1 aliphatic rings. The van der Waals surface area contributed by atoms with Crippen LogP contribution < -0.4 is 5.32 Å². The van der Waals surface area contributed by atoms with Crippen LogP contribution in [0.3, 0.4) is 0 Å². The Morgan fingerprint density at radius 2 is 2.26 bits per heavy atom. The van der Waals surface area contributed by atoms with Crippen LogP contribution in [0.2, 0.25) is 0 Å². The smallest absolute Gasteiger partial charge is 0.252 e. The molecule has 106 valence electrons. The van der Waals surface area contributed by atoms with Crippen molar-refractivity contribution in [2.24, 2.45) is 5.92 Å². The molecule has 0 saturated heterocycles. The van der Waals surface area contributed by atoms with Crippen LogP contribution in [0.25, 0.3) is 0 Å². The molecule has 1 atom stereocenters. The molecule has 0 fully saturated rings. The lowest BCUT2D eigenvalue weighted by atomic mass is 9.95. The molecule has 2 rings (SSSR count). The Morgan fingerprint density at radius 1 is 1.47 bits per heavy atom. The lowest BCUT2D eigenvalue weighted by Gasteiger charge is -2.13. The number of nitrogens with one attached hydrogen (secondary N) is 1. The molecular formula is C15H23NO2S. The van der Waals surface area contributed by atoms with E-state index in [1.54, 1.807) is 11.3 Å². The average Bonchev–Trinajstić information content (AvgIpc) is 2.87. The van der Waals surface area contributed by atoms with E-state index in [1.165, 1.54) is 23.3 Å². The van der Waals surface area contributed by atoms with E-state index in [1.807, 2.05) is 12.3 Å². The molecule has 3 nitrogen and oxygen atoms in total. The van der Waals surface area contributed by atoms with Gasteiger partial charge in [-0.2, -0.15) is 0 Å². The number of aliphatic hydroxyl groups excluding tert-OH is 1. The van der Waals surface area contributed by atoms with Crippen LogP contribution in [-0.2, 0) is 12.8 Å². The van der Waals surface area contributed by atoms with Gasteiger partial charge in [0.15, 0.2) is 0 Å². The number of amides is 1. The third kappa shape index (κ3) is 3.80. The maximum absolute atomic E-state index is 12.1. The Morgan fingerprint density at radius 3 is 3.05 bits per heavy atom. The van der Waals surface area contributed by atoms with Gasteiger partial charge in [-0.3, -0.25) is 4.79 Å². The first-order valence-corrected chi connectivity index (χ1v) is 8.08. The molecule has 0 bridgehead atoms. The normalized spacial score (nSPS) is 15.9. The van der Waals surface area contributed by atoms with Crippen LogP contribution in [0.5, 0.6) is 0 Å². The predicted molar refractivity (Wildman–Crippen MR) is 78.8 cm³/mol. The van der Waals surface area contributed by atoms with Gasteiger partial charge in [0.05, 0.1) is 5.56 Å². The van der Waals surface area contributed by atoms with Crippen molar-refractivity contribution in [2.75, 3.05) is 13.2 Å². The summed E-state index contributed by atoms with van der Waals surface area (Å²) in [6.45, 7) is 2.96. The van der Waals surface area contributed by atoms with Crippen molar-refractivity contribution in [1.82, 2.24) is 5.32 Å². The minimum Gasteiger partial charge on any atom is -0.396 e. The first-order valence-electron chi connectivity index (χ1n) is 7.20. The van der Waals surface area contributed by atoms with E-state index in [-0.39, 0.29) is 12.5 Å². The first-order chi connectivity index (χ1) is 9.22. The van der Waals surface area contributed by atoms with E-state index in [0.29, 0.717) is 12.5 Å². The maximum atomic E-state index is 12.1. The fourth-order valence-corrected chi connectivity index (χ4v) is 3.65. The first kappa shape index (κ1) is 14.5. The number of rotatable bonds is 6. The number of hydrogen-bond donors (Lipinski definition) is 2. The van der Waals surface area contributed by atoms with Gasteiger partial charge in [-0.15, -0.1) is 11.3 Å². The van der Waals surface area contributed by atoms with Gasteiger partial charge >= 0.3 is 0 Å². The summed E-state index contributed by atoms with van der Waals surface area (Å²) < 4.78 is 0. The van der Waals surface area contributed by atoms with Gasteiger partial charge < -0.3 is 10.4 Å². The zero-order valence-electron chi connectivity index (χ0n) is 11.6. The maximum Gasteiger partial charge on any atom is 0.252 e. The second kappa shape index (κ2) is 7.06. The number of carbonyl (C=O) groups is 1. The van der Waals surface area contributed by atoms with Crippen molar-refractivity contribution in [1.29, 1.82) is 0 Å². The van der Waals surface area contributed by atoms with Crippen LogP contribution in [0.15, 0.2) is 5.38 Å². The van der Waals surface area contributed by atoms with E-state index in [0.717, 1.165) is 31.2 Å². The van der Waals surface area contributed by atoms with Crippen molar-refractivity contribution < 1.29 is 9.90 Å². The molecule has 1 amide bonds. The van der Waals surface area contributed by atoms with Crippen molar-refractivity contribution in [3.63, 3.8) is 0 Å². The average molecular weight is 281 g/mol. The van der Waals surface area contributed by atoms with Crippen LogP contribution in [0.4, 0.5) is 0 Å². The second-order valence-corrected chi connectivity index (χ2v) is 6.41.